The summed E-state index contributed by atoms with van der Waals surface area (Å²) in [6.07, 6.45) is 1.09. The van der Waals surface area contributed by atoms with E-state index in [1.165, 1.54) is 5.69 Å². The van der Waals surface area contributed by atoms with Gasteiger partial charge in [-0.15, -0.1) is 0 Å². The van der Waals surface area contributed by atoms with Gasteiger partial charge in [0.05, 0.1) is 13.7 Å². The highest BCUT2D eigenvalue weighted by Crippen LogP contribution is 2.24. The second kappa shape index (κ2) is 10.2. The molecule has 0 spiro atoms. The number of benzene rings is 2. The van der Waals surface area contributed by atoms with Gasteiger partial charge in [-0.2, -0.15) is 0 Å². The third-order valence-electron chi connectivity index (χ3n) is 5.23. The zero-order valence-electron chi connectivity index (χ0n) is 17.6. The van der Waals surface area contributed by atoms with E-state index >= 15 is 0 Å². The molecule has 2 aromatic rings. The van der Waals surface area contributed by atoms with Gasteiger partial charge in [-0.3, -0.25) is 4.79 Å². The summed E-state index contributed by atoms with van der Waals surface area (Å²) in [5.74, 6) is 1.59. The number of anilines is 2. The predicted octanol–water partition coefficient (Wildman–Crippen LogP) is 3.55. The monoisotopic (exact) mass is 397 g/mol. The Balaban J connectivity index is 1.42. The molecule has 6 nitrogen and oxygen atoms in total. The Kier molecular flexibility index (Phi) is 7.36. The average molecular weight is 398 g/mol. The van der Waals surface area contributed by atoms with Crippen molar-refractivity contribution >= 4 is 17.3 Å². The molecule has 0 bridgehead atoms. The van der Waals surface area contributed by atoms with Gasteiger partial charge in [0, 0.05) is 44.0 Å². The number of hydrogen-bond donors (Lipinski definition) is 1. The lowest BCUT2D eigenvalue weighted by atomic mass is 10.1. The van der Waals surface area contributed by atoms with E-state index in [1.54, 1.807) is 7.11 Å². The molecular weight excluding hydrogens is 366 g/mol. The minimum absolute atomic E-state index is 0.0128. The van der Waals surface area contributed by atoms with Crippen molar-refractivity contribution in [2.24, 2.45) is 0 Å². The number of ether oxygens (including phenoxy) is 2. The Morgan fingerprint density at radius 1 is 1.03 bits per heavy atom. The van der Waals surface area contributed by atoms with E-state index in [-0.39, 0.29) is 5.91 Å². The molecule has 1 saturated heterocycles. The number of carbonyl (C=O) groups excluding carboxylic acids is 1. The lowest BCUT2D eigenvalue weighted by Crippen LogP contribution is -2.44. The van der Waals surface area contributed by atoms with E-state index in [9.17, 15) is 4.79 Å². The molecular formula is C23H31N3O3. The van der Waals surface area contributed by atoms with E-state index in [2.05, 4.69) is 34.3 Å². The molecule has 3 rings (SSSR count). The maximum absolute atomic E-state index is 12.3. The van der Waals surface area contributed by atoms with Crippen LogP contribution < -0.4 is 19.7 Å². The second-order valence-corrected chi connectivity index (χ2v) is 7.47. The van der Waals surface area contributed by atoms with Crippen LogP contribution in [0.1, 0.15) is 18.4 Å². The number of carbonyl (C=O) groups is 1. The van der Waals surface area contributed by atoms with Crippen LogP contribution >= 0.6 is 0 Å². The Bertz CT molecular complexity index is 800. The first-order valence-corrected chi connectivity index (χ1v) is 10.2. The van der Waals surface area contributed by atoms with Crippen LogP contribution in [0.5, 0.6) is 11.5 Å². The fourth-order valence-corrected chi connectivity index (χ4v) is 3.36. The first-order chi connectivity index (χ1) is 14.0. The fraction of sp³-hybridized carbons (Fsp3) is 0.435. The van der Waals surface area contributed by atoms with Gasteiger partial charge < -0.3 is 24.6 Å². The topological polar surface area (TPSA) is 54.0 Å². The van der Waals surface area contributed by atoms with Gasteiger partial charge in [-0.1, -0.05) is 0 Å². The number of piperazine rings is 1. The van der Waals surface area contributed by atoms with E-state index in [0.29, 0.717) is 19.4 Å². The van der Waals surface area contributed by atoms with Crippen LogP contribution in [0.15, 0.2) is 42.5 Å². The quantitative estimate of drug-likeness (QED) is 0.691. The molecule has 1 fully saturated rings. The number of nitrogens with one attached hydrogen (secondary N) is 1. The minimum Gasteiger partial charge on any atom is -0.497 e. The number of rotatable bonds is 8. The standard InChI is InChI=1S/C23H31N3O3/c1-18-17-19(26-14-12-25(2)13-15-26)6-11-22(18)24-23(27)5-4-16-29-21-9-7-20(28-3)8-10-21/h6-11,17H,4-5,12-16H2,1-3H3,(H,24,27). The van der Waals surface area contributed by atoms with Crippen molar-refractivity contribution < 1.29 is 14.3 Å². The molecule has 6 heteroatoms. The van der Waals surface area contributed by atoms with Crippen LogP contribution in [-0.4, -0.2) is 57.8 Å². The largest absolute Gasteiger partial charge is 0.497 e. The first kappa shape index (κ1) is 21.0. The van der Waals surface area contributed by atoms with Gasteiger partial charge in [0.25, 0.3) is 0 Å². The van der Waals surface area contributed by atoms with Crippen LogP contribution in [0.4, 0.5) is 11.4 Å². The smallest absolute Gasteiger partial charge is 0.224 e. The maximum Gasteiger partial charge on any atom is 0.224 e. The van der Waals surface area contributed by atoms with Crippen molar-refractivity contribution in [3.8, 4) is 11.5 Å². The van der Waals surface area contributed by atoms with Crippen molar-refractivity contribution in [3.63, 3.8) is 0 Å². The number of hydrogen-bond acceptors (Lipinski definition) is 5. The second-order valence-electron chi connectivity index (χ2n) is 7.47. The first-order valence-electron chi connectivity index (χ1n) is 10.2. The van der Waals surface area contributed by atoms with Gasteiger partial charge in [-0.05, 0) is 68.4 Å². The molecule has 0 atom stereocenters. The van der Waals surface area contributed by atoms with Gasteiger partial charge in [0.1, 0.15) is 11.5 Å². The molecule has 1 heterocycles. The molecule has 0 radical (unpaired) electrons. The SMILES string of the molecule is COc1ccc(OCCCC(=O)Nc2ccc(N3CCN(C)CC3)cc2C)cc1. The summed E-state index contributed by atoms with van der Waals surface area (Å²) in [5.41, 5.74) is 3.19. The molecule has 0 unspecified atom stereocenters. The lowest BCUT2D eigenvalue weighted by Gasteiger charge is -2.34. The lowest BCUT2D eigenvalue weighted by molar-refractivity contribution is -0.116. The highest BCUT2D eigenvalue weighted by molar-refractivity contribution is 5.91. The van der Waals surface area contributed by atoms with Crippen molar-refractivity contribution in [2.45, 2.75) is 19.8 Å². The van der Waals surface area contributed by atoms with E-state index in [1.807, 2.05) is 37.3 Å². The fourth-order valence-electron chi connectivity index (χ4n) is 3.36. The van der Waals surface area contributed by atoms with E-state index in [4.69, 9.17) is 9.47 Å². The molecule has 156 valence electrons. The number of likely N-dealkylation sites (N-methyl/N-ethyl adjacent to an activating group) is 1. The summed E-state index contributed by atoms with van der Waals surface area (Å²) in [4.78, 5) is 17.0. The average Bonchev–Trinajstić information content (AvgIpc) is 2.74. The van der Waals surface area contributed by atoms with Crippen molar-refractivity contribution in [1.82, 2.24) is 4.90 Å². The number of methoxy groups -OCH3 is 1. The zero-order valence-corrected chi connectivity index (χ0v) is 17.6. The van der Waals surface area contributed by atoms with E-state index < -0.39 is 0 Å². The molecule has 1 aliphatic heterocycles. The summed E-state index contributed by atoms with van der Waals surface area (Å²) in [6.45, 7) is 6.78. The van der Waals surface area contributed by atoms with Gasteiger partial charge in [0.15, 0.2) is 0 Å². The van der Waals surface area contributed by atoms with Crippen LogP contribution in [0.2, 0.25) is 0 Å². The van der Waals surface area contributed by atoms with Crippen molar-refractivity contribution in [1.29, 1.82) is 0 Å². The summed E-state index contributed by atoms with van der Waals surface area (Å²) >= 11 is 0. The van der Waals surface area contributed by atoms with Crippen molar-refractivity contribution in [2.75, 3.05) is 57.2 Å². The molecule has 0 saturated carbocycles. The number of nitrogens with zero attached hydrogens (tertiary/aromatic N) is 2. The van der Waals surface area contributed by atoms with Crippen LogP contribution in [0.25, 0.3) is 0 Å². The highest BCUT2D eigenvalue weighted by atomic mass is 16.5. The maximum atomic E-state index is 12.3. The summed E-state index contributed by atoms with van der Waals surface area (Å²) in [6, 6.07) is 13.7. The molecule has 1 aliphatic rings. The zero-order chi connectivity index (χ0) is 20.6. The Labute approximate surface area is 173 Å². The van der Waals surface area contributed by atoms with Crippen molar-refractivity contribution in [3.05, 3.63) is 48.0 Å². The Morgan fingerprint density at radius 3 is 2.38 bits per heavy atom. The van der Waals surface area contributed by atoms with E-state index in [0.717, 1.165) is 48.9 Å². The third-order valence-corrected chi connectivity index (χ3v) is 5.23. The molecule has 1 amide bonds. The van der Waals surface area contributed by atoms with Gasteiger partial charge in [0.2, 0.25) is 5.91 Å². The Morgan fingerprint density at radius 2 is 1.72 bits per heavy atom. The molecule has 0 aromatic heterocycles. The van der Waals surface area contributed by atoms with Gasteiger partial charge in [-0.25, -0.2) is 0 Å². The third kappa shape index (κ3) is 6.12. The summed E-state index contributed by atoms with van der Waals surface area (Å²) in [7, 11) is 3.79. The summed E-state index contributed by atoms with van der Waals surface area (Å²) < 4.78 is 10.8. The molecule has 2 aromatic carbocycles. The van der Waals surface area contributed by atoms with Crippen LogP contribution in [0.3, 0.4) is 0 Å². The molecule has 29 heavy (non-hydrogen) atoms. The Hall–Kier alpha value is -2.73. The normalized spacial score (nSPS) is 14.5. The number of aryl methyl sites for hydroxylation is 1. The molecule has 0 aliphatic carbocycles. The summed E-state index contributed by atoms with van der Waals surface area (Å²) in [5, 5.41) is 3.02. The van der Waals surface area contributed by atoms with Gasteiger partial charge >= 0.3 is 0 Å². The van der Waals surface area contributed by atoms with Crippen LogP contribution in [0, 0.1) is 6.92 Å². The van der Waals surface area contributed by atoms with Crippen LogP contribution in [-0.2, 0) is 4.79 Å². The number of amides is 1. The predicted molar refractivity (Wildman–Crippen MR) is 117 cm³/mol. The molecule has 1 N–H and O–H groups in total. The highest BCUT2D eigenvalue weighted by Gasteiger charge is 2.15. The minimum atomic E-state index is 0.0128.